The summed E-state index contributed by atoms with van der Waals surface area (Å²) in [7, 11) is 0. The third-order valence-corrected chi connectivity index (χ3v) is 6.13. The van der Waals surface area contributed by atoms with E-state index in [0.29, 0.717) is 55.6 Å². The zero-order valence-electron chi connectivity index (χ0n) is 19.0. The van der Waals surface area contributed by atoms with Crippen LogP contribution < -0.4 is 10.6 Å². The first kappa shape index (κ1) is 22.5. The van der Waals surface area contributed by atoms with Crippen LogP contribution >= 0.6 is 0 Å². The molecule has 3 aromatic heterocycles. The summed E-state index contributed by atoms with van der Waals surface area (Å²) in [5.41, 5.74) is 2.16. The zero-order chi connectivity index (χ0) is 23.8. The number of alkyl carbamates (subject to hydrolysis) is 1. The van der Waals surface area contributed by atoms with Gasteiger partial charge in [0.2, 0.25) is 5.95 Å². The number of likely N-dealkylation sites (tertiary alicyclic amines) is 1. The molecule has 34 heavy (non-hydrogen) atoms. The predicted molar refractivity (Wildman–Crippen MR) is 120 cm³/mol. The van der Waals surface area contributed by atoms with Crippen molar-refractivity contribution in [3.05, 3.63) is 35.9 Å². The van der Waals surface area contributed by atoms with Gasteiger partial charge in [-0.2, -0.15) is 5.10 Å². The number of fused-ring (bicyclic) bond motifs is 1. The number of imidazole rings is 1. The van der Waals surface area contributed by atoms with Crippen molar-refractivity contribution in [3.8, 4) is 0 Å². The maximum Gasteiger partial charge on any atom is 0.407 e. The molecular weight excluding hydrogens is 446 g/mol. The van der Waals surface area contributed by atoms with Crippen LogP contribution in [0.25, 0.3) is 5.65 Å². The Kier molecular flexibility index (Phi) is 6.07. The second kappa shape index (κ2) is 9.16. The number of ether oxygens (including phenoxy) is 1. The summed E-state index contributed by atoms with van der Waals surface area (Å²) in [6, 6.07) is 3.46. The minimum atomic E-state index is -1.32. The number of hydrogen-bond acceptors (Lipinski definition) is 7. The summed E-state index contributed by atoms with van der Waals surface area (Å²) in [5.74, 6) is 0.554. The van der Waals surface area contributed by atoms with Gasteiger partial charge >= 0.3 is 6.09 Å². The molecule has 5 rings (SSSR count). The number of carbonyl (C=O) groups excluding carboxylic acids is 1. The van der Waals surface area contributed by atoms with Crippen molar-refractivity contribution in [1.29, 1.82) is 0 Å². The summed E-state index contributed by atoms with van der Waals surface area (Å²) in [5, 5.41) is 12.9. The van der Waals surface area contributed by atoms with Gasteiger partial charge in [0.15, 0.2) is 5.82 Å². The highest BCUT2D eigenvalue weighted by atomic mass is 19.1. The van der Waals surface area contributed by atoms with Crippen molar-refractivity contribution in [2.24, 2.45) is 0 Å². The van der Waals surface area contributed by atoms with Crippen LogP contribution in [0.4, 0.5) is 25.3 Å². The van der Waals surface area contributed by atoms with Gasteiger partial charge in [0, 0.05) is 55.7 Å². The molecule has 10 nitrogen and oxygen atoms in total. The quantitative estimate of drug-likeness (QED) is 0.482. The summed E-state index contributed by atoms with van der Waals surface area (Å²) >= 11 is 0. The molecule has 4 heterocycles. The average molecular weight is 475 g/mol. The number of rotatable bonds is 7. The van der Waals surface area contributed by atoms with Crippen LogP contribution in [-0.4, -0.2) is 73.1 Å². The fraction of sp³-hybridized carbons (Fsp3) is 0.545. The minimum absolute atomic E-state index is 0.0770. The van der Waals surface area contributed by atoms with Crippen molar-refractivity contribution in [3.63, 3.8) is 0 Å². The minimum Gasteiger partial charge on any atom is -0.443 e. The fourth-order valence-electron chi connectivity index (χ4n) is 4.49. The molecule has 2 aliphatic rings. The van der Waals surface area contributed by atoms with Gasteiger partial charge in [0.1, 0.15) is 24.1 Å². The van der Waals surface area contributed by atoms with E-state index in [0.717, 1.165) is 5.69 Å². The lowest BCUT2D eigenvalue weighted by Gasteiger charge is -2.33. The predicted octanol–water partition coefficient (Wildman–Crippen LogP) is 3.07. The molecule has 1 saturated carbocycles. The maximum absolute atomic E-state index is 15.0. The summed E-state index contributed by atoms with van der Waals surface area (Å²) in [4.78, 5) is 22.8. The molecule has 1 aliphatic heterocycles. The SMILES string of the molecule is CC(C)NC(=O)O[C@@H]1CC[C@H](c2cc(Nc3nccc4nc(CN5CC(F)C5)cn34)n[nH]2)[C@@H]1F. The average Bonchev–Trinajstić information content (AvgIpc) is 3.46. The van der Waals surface area contributed by atoms with Crippen molar-refractivity contribution in [2.75, 3.05) is 18.4 Å². The van der Waals surface area contributed by atoms with Crippen LogP contribution in [0.5, 0.6) is 0 Å². The van der Waals surface area contributed by atoms with Gasteiger partial charge in [-0.25, -0.2) is 23.5 Å². The molecule has 1 saturated heterocycles. The Labute approximate surface area is 195 Å². The normalized spacial score (nSPS) is 23.4. The Morgan fingerprint density at radius 2 is 2.15 bits per heavy atom. The largest absolute Gasteiger partial charge is 0.443 e. The first-order valence-corrected chi connectivity index (χ1v) is 11.5. The lowest BCUT2D eigenvalue weighted by Crippen LogP contribution is -2.47. The number of aromatic nitrogens is 5. The summed E-state index contributed by atoms with van der Waals surface area (Å²) in [6.07, 6.45) is 1.01. The highest BCUT2D eigenvalue weighted by Gasteiger charge is 2.41. The molecule has 12 heteroatoms. The molecule has 0 unspecified atom stereocenters. The van der Waals surface area contributed by atoms with E-state index < -0.39 is 30.5 Å². The number of H-pyrrole nitrogens is 1. The highest BCUT2D eigenvalue weighted by Crippen LogP contribution is 2.38. The van der Waals surface area contributed by atoms with E-state index in [9.17, 15) is 9.18 Å². The van der Waals surface area contributed by atoms with E-state index in [2.05, 4.69) is 30.8 Å². The Morgan fingerprint density at radius 1 is 1.32 bits per heavy atom. The number of hydrogen-bond donors (Lipinski definition) is 3. The zero-order valence-corrected chi connectivity index (χ0v) is 19.0. The molecule has 0 radical (unpaired) electrons. The van der Waals surface area contributed by atoms with E-state index in [-0.39, 0.29) is 6.04 Å². The van der Waals surface area contributed by atoms with Gasteiger partial charge in [-0.1, -0.05) is 0 Å². The lowest BCUT2D eigenvalue weighted by molar-refractivity contribution is 0.0555. The van der Waals surface area contributed by atoms with Gasteiger partial charge in [-0.3, -0.25) is 14.4 Å². The molecule has 2 fully saturated rings. The third kappa shape index (κ3) is 4.67. The van der Waals surface area contributed by atoms with Crippen LogP contribution in [0, 0.1) is 0 Å². The molecule has 1 aliphatic carbocycles. The van der Waals surface area contributed by atoms with Crippen LogP contribution in [0.1, 0.15) is 44.0 Å². The van der Waals surface area contributed by atoms with Crippen LogP contribution in [0.2, 0.25) is 0 Å². The number of anilines is 2. The van der Waals surface area contributed by atoms with Gasteiger partial charge in [-0.05, 0) is 32.8 Å². The first-order chi connectivity index (χ1) is 16.4. The second-order valence-electron chi connectivity index (χ2n) is 9.22. The molecular formula is C22H28F2N8O2. The number of amides is 1. The Hall–Kier alpha value is -3.28. The second-order valence-corrected chi connectivity index (χ2v) is 9.22. The Morgan fingerprint density at radius 3 is 2.91 bits per heavy atom. The van der Waals surface area contributed by atoms with Crippen molar-refractivity contribution in [1.82, 2.24) is 34.8 Å². The van der Waals surface area contributed by atoms with E-state index in [1.807, 2.05) is 24.9 Å². The standard InChI is InChI=1S/C22H28F2N8O2/c1-12(2)26-22(33)34-17-4-3-15(20(17)24)16-7-18(30-29-16)28-21-25-6-5-19-27-14(11-32(19)21)10-31-8-13(23)9-31/h5-7,11-13,15,17,20H,3-4,8-10H2,1-2H3,(H,26,33)(H2,25,28,29,30)/t15-,17-,20+/m1/s1. The maximum atomic E-state index is 15.0. The number of carbonyl (C=O) groups is 1. The smallest absolute Gasteiger partial charge is 0.407 e. The molecule has 3 aromatic rings. The molecule has 0 aromatic carbocycles. The van der Waals surface area contributed by atoms with Crippen LogP contribution in [0.3, 0.4) is 0 Å². The van der Waals surface area contributed by atoms with Gasteiger partial charge in [-0.15, -0.1) is 0 Å². The highest BCUT2D eigenvalue weighted by molar-refractivity contribution is 5.67. The number of nitrogens with one attached hydrogen (secondary N) is 3. The fourth-order valence-corrected chi connectivity index (χ4v) is 4.49. The first-order valence-electron chi connectivity index (χ1n) is 11.5. The van der Waals surface area contributed by atoms with Gasteiger partial charge in [0.05, 0.1) is 5.69 Å². The Bertz CT molecular complexity index is 1160. The summed E-state index contributed by atoms with van der Waals surface area (Å²) < 4.78 is 35.2. The molecule has 1 amide bonds. The monoisotopic (exact) mass is 474 g/mol. The molecule has 182 valence electrons. The Balaban J connectivity index is 1.25. The number of alkyl halides is 2. The van der Waals surface area contributed by atoms with Crippen molar-refractivity contribution < 1.29 is 18.3 Å². The van der Waals surface area contributed by atoms with Crippen molar-refractivity contribution in [2.45, 2.75) is 63.6 Å². The van der Waals surface area contributed by atoms with Crippen LogP contribution in [-0.2, 0) is 11.3 Å². The lowest BCUT2D eigenvalue weighted by atomic mass is 10.0. The molecule has 0 spiro atoms. The third-order valence-electron chi connectivity index (χ3n) is 6.13. The van der Waals surface area contributed by atoms with E-state index in [1.54, 1.807) is 22.7 Å². The van der Waals surface area contributed by atoms with Crippen molar-refractivity contribution >= 4 is 23.5 Å². The number of halogens is 2. The van der Waals surface area contributed by atoms with E-state index in [1.165, 1.54) is 0 Å². The molecule has 0 bridgehead atoms. The van der Waals surface area contributed by atoms with Gasteiger partial charge in [0.25, 0.3) is 0 Å². The molecule has 3 N–H and O–H groups in total. The summed E-state index contributed by atoms with van der Waals surface area (Å²) in [6.45, 7) is 5.07. The molecule has 3 atom stereocenters. The van der Waals surface area contributed by atoms with Crippen LogP contribution in [0.15, 0.2) is 24.5 Å². The van der Waals surface area contributed by atoms with Gasteiger partial charge < -0.3 is 15.4 Å². The number of aromatic amines is 1. The van der Waals surface area contributed by atoms with E-state index >= 15 is 4.39 Å². The van der Waals surface area contributed by atoms with E-state index in [4.69, 9.17) is 4.74 Å². The number of nitrogens with zero attached hydrogens (tertiary/aromatic N) is 5. The topological polar surface area (TPSA) is 112 Å².